The van der Waals surface area contributed by atoms with E-state index in [-0.39, 0.29) is 0 Å². The van der Waals surface area contributed by atoms with Crippen molar-refractivity contribution in [1.82, 2.24) is 14.8 Å². The number of aliphatic hydroxyl groups is 1. The zero-order valence-electron chi connectivity index (χ0n) is 12.2. The number of hydrogen-bond acceptors (Lipinski definition) is 3. The molecule has 2 aromatic heterocycles. The van der Waals surface area contributed by atoms with Crippen LogP contribution >= 0.6 is 0 Å². The molecule has 1 atom stereocenters. The smallest absolute Gasteiger partial charge is 0.0650 e. The first kappa shape index (κ1) is 14.7. The molecule has 2 aromatic rings. The highest BCUT2D eigenvalue weighted by molar-refractivity contribution is 5.12. The Balaban J connectivity index is 1.93. The fraction of sp³-hybridized carbons (Fsp3) is 0.500. The van der Waals surface area contributed by atoms with Crippen LogP contribution in [0.5, 0.6) is 0 Å². The number of aromatic nitrogens is 3. The maximum absolute atomic E-state index is 10.1. The lowest BCUT2D eigenvalue weighted by Crippen LogP contribution is -2.15. The summed E-state index contributed by atoms with van der Waals surface area (Å²) in [5.41, 5.74) is 2.06. The molecule has 0 aliphatic carbocycles. The van der Waals surface area contributed by atoms with Crippen molar-refractivity contribution >= 4 is 0 Å². The first-order chi connectivity index (χ1) is 9.72. The van der Waals surface area contributed by atoms with Crippen molar-refractivity contribution in [3.8, 4) is 0 Å². The highest BCUT2D eigenvalue weighted by atomic mass is 16.3. The summed E-state index contributed by atoms with van der Waals surface area (Å²) in [7, 11) is 0. The number of hydrogen-bond donors (Lipinski definition) is 1. The number of pyridine rings is 1. The third-order valence-electron chi connectivity index (χ3n) is 3.65. The van der Waals surface area contributed by atoms with Gasteiger partial charge in [-0.1, -0.05) is 13.8 Å². The molecule has 0 bridgehead atoms. The molecule has 0 fully saturated rings. The van der Waals surface area contributed by atoms with E-state index < -0.39 is 6.10 Å². The van der Waals surface area contributed by atoms with Crippen LogP contribution in [-0.4, -0.2) is 26.0 Å². The second kappa shape index (κ2) is 7.20. The summed E-state index contributed by atoms with van der Waals surface area (Å²) in [6.07, 6.45) is 8.52. The molecule has 0 aromatic carbocycles. The van der Waals surface area contributed by atoms with Crippen LogP contribution in [0, 0.1) is 0 Å². The third-order valence-corrected chi connectivity index (χ3v) is 3.65. The Labute approximate surface area is 120 Å². The zero-order chi connectivity index (χ0) is 14.4. The highest BCUT2D eigenvalue weighted by Crippen LogP contribution is 2.15. The maximum atomic E-state index is 10.1. The van der Waals surface area contributed by atoms with Gasteiger partial charge < -0.3 is 5.11 Å². The van der Waals surface area contributed by atoms with Crippen molar-refractivity contribution < 1.29 is 5.11 Å². The van der Waals surface area contributed by atoms with E-state index in [0.29, 0.717) is 18.9 Å². The van der Waals surface area contributed by atoms with Gasteiger partial charge in [-0.25, -0.2) is 0 Å². The van der Waals surface area contributed by atoms with E-state index in [9.17, 15) is 5.11 Å². The number of rotatable bonds is 7. The molecule has 0 aliphatic rings. The van der Waals surface area contributed by atoms with Gasteiger partial charge in [-0.05, 0) is 43.0 Å². The van der Waals surface area contributed by atoms with Crippen molar-refractivity contribution in [2.75, 3.05) is 0 Å². The second-order valence-electron chi connectivity index (χ2n) is 5.17. The summed E-state index contributed by atoms with van der Waals surface area (Å²) >= 11 is 0. The van der Waals surface area contributed by atoms with Gasteiger partial charge in [0, 0.05) is 25.0 Å². The molecule has 4 nitrogen and oxygen atoms in total. The Morgan fingerprint density at radius 3 is 2.45 bits per heavy atom. The summed E-state index contributed by atoms with van der Waals surface area (Å²) in [6, 6.07) is 6.34. The minimum atomic E-state index is -0.401. The molecule has 0 amide bonds. The Morgan fingerprint density at radius 2 is 1.80 bits per heavy atom. The van der Waals surface area contributed by atoms with Crippen LogP contribution in [0.25, 0.3) is 0 Å². The number of aliphatic hydroxyl groups excluding tert-OH is 1. The molecule has 2 rings (SSSR count). The van der Waals surface area contributed by atoms with E-state index in [1.807, 2.05) is 29.1 Å². The fourth-order valence-electron chi connectivity index (χ4n) is 2.46. The quantitative estimate of drug-likeness (QED) is 0.844. The van der Waals surface area contributed by atoms with Gasteiger partial charge in [0.15, 0.2) is 0 Å². The number of nitrogens with zero attached hydrogens (tertiary/aromatic N) is 3. The molecule has 2 heterocycles. The molecule has 0 radical (unpaired) electrons. The van der Waals surface area contributed by atoms with E-state index in [2.05, 4.69) is 23.9 Å². The van der Waals surface area contributed by atoms with Gasteiger partial charge in [0.25, 0.3) is 0 Å². The first-order valence-corrected chi connectivity index (χ1v) is 7.33. The van der Waals surface area contributed by atoms with E-state index in [1.165, 1.54) is 0 Å². The van der Waals surface area contributed by atoms with Crippen LogP contribution in [0.15, 0.2) is 36.8 Å². The third kappa shape index (κ3) is 3.90. The standard InChI is InChI=1S/C16H23N3O/c1-3-15(4-2)19-10-7-14(18-19)12-16(20)11-13-5-8-17-9-6-13/h5-10,15-16,20H,3-4,11-12H2,1-2H3. The van der Waals surface area contributed by atoms with Crippen molar-refractivity contribution in [3.63, 3.8) is 0 Å². The normalized spacial score (nSPS) is 12.8. The lowest BCUT2D eigenvalue weighted by Gasteiger charge is -2.13. The van der Waals surface area contributed by atoms with Crippen molar-refractivity contribution in [3.05, 3.63) is 48.0 Å². The topological polar surface area (TPSA) is 50.9 Å². The van der Waals surface area contributed by atoms with Gasteiger partial charge in [-0.3, -0.25) is 9.67 Å². The molecule has 4 heteroatoms. The van der Waals surface area contributed by atoms with Crippen molar-refractivity contribution in [2.24, 2.45) is 0 Å². The van der Waals surface area contributed by atoms with Gasteiger partial charge in [-0.2, -0.15) is 5.10 Å². The molecule has 0 spiro atoms. The van der Waals surface area contributed by atoms with Gasteiger partial charge in [0.1, 0.15) is 0 Å². The Bertz CT molecular complexity index is 505. The fourth-order valence-corrected chi connectivity index (χ4v) is 2.46. The summed E-state index contributed by atoms with van der Waals surface area (Å²) in [4.78, 5) is 3.98. The summed E-state index contributed by atoms with van der Waals surface area (Å²) in [5.74, 6) is 0. The van der Waals surface area contributed by atoms with Crippen LogP contribution in [0.4, 0.5) is 0 Å². The lowest BCUT2D eigenvalue weighted by molar-refractivity contribution is 0.173. The minimum Gasteiger partial charge on any atom is -0.392 e. The summed E-state index contributed by atoms with van der Waals surface area (Å²) < 4.78 is 2.02. The van der Waals surface area contributed by atoms with E-state index in [0.717, 1.165) is 24.1 Å². The zero-order valence-corrected chi connectivity index (χ0v) is 12.2. The maximum Gasteiger partial charge on any atom is 0.0650 e. The van der Waals surface area contributed by atoms with Crippen LogP contribution in [0.1, 0.15) is 44.0 Å². The summed E-state index contributed by atoms with van der Waals surface area (Å²) in [5, 5.41) is 14.7. The Morgan fingerprint density at radius 1 is 1.10 bits per heavy atom. The highest BCUT2D eigenvalue weighted by Gasteiger charge is 2.11. The average Bonchev–Trinajstić information content (AvgIpc) is 2.89. The molecule has 0 saturated carbocycles. The first-order valence-electron chi connectivity index (χ1n) is 7.33. The molecular formula is C16H23N3O. The lowest BCUT2D eigenvalue weighted by atomic mass is 10.1. The predicted octanol–water partition coefficient (Wildman–Crippen LogP) is 2.79. The Hall–Kier alpha value is -1.68. The van der Waals surface area contributed by atoms with Crippen LogP contribution in [-0.2, 0) is 12.8 Å². The van der Waals surface area contributed by atoms with Gasteiger partial charge in [0.05, 0.1) is 17.8 Å². The monoisotopic (exact) mass is 273 g/mol. The predicted molar refractivity (Wildman–Crippen MR) is 79.5 cm³/mol. The van der Waals surface area contributed by atoms with E-state index in [1.54, 1.807) is 12.4 Å². The van der Waals surface area contributed by atoms with Crippen LogP contribution in [0.2, 0.25) is 0 Å². The van der Waals surface area contributed by atoms with Gasteiger partial charge >= 0.3 is 0 Å². The SMILES string of the molecule is CCC(CC)n1ccc(CC(O)Cc2ccncc2)n1. The largest absolute Gasteiger partial charge is 0.392 e. The average molecular weight is 273 g/mol. The van der Waals surface area contributed by atoms with E-state index in [4.69, 9.17) is 0 Å². The van der Waals surface area contributed by atoms with Crippen LogP contribution in [0.3, 0.4) is 0 Å². The molecule has 108 valence electrons. The summed E-state index contributed by atoms with van der Waals surface area (Å²) in [6.45, 7) is 4.35. The molecule has 20 heavy (non-hydrogen) atoms. The van der Waals surface area contributed by atoms with Crippen molar-refractivity contribution in [2.45, 2.75) is 51.7 Å². The molecule has 0 aliphatic heterocycles. The van der Waals surface area contributed by atoms with Gasteiger partial charge in [0.2, 0.25) is 0 Å². The molecular weight excluding hydrogens is 250 g/mol. The van der Waals surface area contributed by atoms with Gasteiger partial charge in [-0.15, -0.1) is 0 Å². The van der Waals surface area contributed by atoms with Crippen molar-refractivity contribution in [1.29, 1.82) is 0 Å². The molecule has 1 unspecified atom stereocenters. The van der Waals surface area contributed by atoms with E-state index >= 15 is 0 Å². The molecule has 0 saturated heterocycles. The minimum absolute atomic E-state index is 0.401. The Kier molecular flexibility index (Phi) is 5.30. The molecule has 1 N–H and O–H groups in total. The van der Waals surface area contributed by atoms with Crippen LogP contribution < -0.4 is 0 Å². The second-order valence-corrected chi connectivity index (χ2v) is 5.17.